The Hall–Kier alpha value is -3.22. The van der Waals surface area contributed by atoms with Gasteiger partial charge in [0.25, 0.3) is 0 Å². The third kappa shape index (κ3) is 7.00. The summed E-state index contributed by atoms with van der Waals surface area (Å²) < 4.78 is 4.41. The van der Waals surface area contributed by atoms with E-state index in [9.17, 15) is 14.4 Å². The number of nitrogens with zero attached hydrogens (tertiary/aromatic N) is 3. The van der Waals surface area contributed by atoms with E-state index in [1.54, 1.807) is 4.57 Å². The summed E-state index contributed by atoms with van der Waals surface area (Å²) >= 11 is -0.814. The molecule has 0 aliphatic rings. The first-order valence-corrected chi connectivity index (χ1v) is 15.4. The average molecular weight is 578 g/mol. The van der Waals surface area contributed by atoms with Crippen molar-refractivity contribution in [2.45, 2.75) is 65.0 Å². The Bertz CT molecular complexity index is 1470. The summed E-state index contributed by atoms with van der Waals surface area (Å²) in [6.45, 7) is 3.40. The molecule has 8 nitrogen and oxygen atoms in total. The molecule has 0 saturated heterocycles. The summed E-state index contributed by atoms with van der Waals surface area (Å²) in [7, 11) is 0. The molecule has 3 N–H and O–H groups in total. The second-order valence-corrected chi connectivity index (χ2v) is 12.4. The topological polar surface area (TPSA) is 116 Å². The number of fused-ring (bicyclic) bond motifs is 1. The fourth-order valence-electron chi connectivity index (χ4n) is 4.54. The Kier molecular flexibility index (Phi) is 9.90. The maximum absolute atomic E-state index is 13.3. The first-order chi connectivity index (χ1) is 18.5. The summed E-state index contributed by atoms with van der Waals surface area (Å²) in [5, 5.41) is 0. The monoisotopic (exact) mass is 577 g/mol. The molecule has 0 aliphatic heterocycles. The van der Waals surface area contributed by atoms with Crippen molar-refractivity contribution in [2.75, 3.05) is 6.54 Å². The van der Waals surface area contributed by atoms with E-state index in [1.807, 2.05) is 61.5 Å². The van der Waals surface area contributed by atoms with Gasteiger partial charge in [-0.05, 0) is 0 Å². The average Bonchev–Trinajstić information content (AvgIpc) is 3.34. The number of imidazole rings is 1. The van der Waals surface area contributed by atoms with Crippen LogP contribution in [0, 0.1) is 0 Å². The van der Waals surface area contributed by atoms with Crippen LogP contribution in [0.1, 0.15) is 56.0 Å². The van der Waals surface area contributed by atoms with Crippen molar-refractivity contribution in [1.82, 2.24) is 19.1 Å². The number of rotatable bonds is 14. The van der Waals surface area contributed by atoms with Crippen molar-refractivity contribution in [2.24, 2.45) is 5.73 Å². The van der Waals surface area contributed by atoms with Gasteiger partial charge in [-0.25, -0.2) is 0 Å². The van der Waals surface area contributed by atoms with Gasteiger partial charge in [0.1, 0.15) is 0 Å². The number of nitrogens with one attached hydrogen (secondary N) is 1. The minimum absolute atomic E-state index is 0.323. The van der Waals surface area contributed by atoms with Crippen molar-refractivity contribution in [3.63, 3.8) is 0 Å². The van der Waals surface area contributed by atoms with Gasteiger partial charge in [-0.15, -0.1) is 0 Å². The molecule has 0 bridgehead atoms. The molecule has 1 unspecified atom stereocenters. The molecule has 1 atom stereocenters. The second-order valence-electron chi connectivity index (χ2n) is 9.53. The number of aromatic nitrogens is 4. The van der Waals surface area contributed by atoms with Gasteiger partial charge in [-0.3, -0.25) is 0 Å². The number of nitrogens with two attached hydrogens (primary N) is 1. The van der Waals surface area contributed by atoms with Crippen LogP contribution in [-0.2, 0) is 30.7 Å². The van der Waals surface area contributed by atoms with E-state index in [0.29, 0.717) is 66.9 Å². The first kappa shape index (κ1) is 27.8. The zero-order valence-electron chi connectivity index (χ0n) is 21.9. The molecule has 4 rings (SSSR count). The molecule has 200 valence electrons. The zero-order valence-corrected chi connectivity index (χ0v) is 24.0. The predicted molar refractivity (Wildman–Crippen MR) is 154 cm³/mol. The van der Waals surface area contributed by atoms with E-state index in [4.69, 9.17) is 5.73 Å². The molecular weight excluding hydrogens is 541 g/mol. The maximum atomic E-state index is 13.3. The fourth-order valence-corrected chi connectivity index (χ4v) is 6.54. The van der Waals surface area contributed by atoms with Gasteiger partial charge < -0.3 is 0 Å². The molecule has 38 heavy (non-hydrogen) atoms. The molecule has 0 saturated carbocycles. The van der Waals surface area contributed by atoms with E-state index < -0.39 is 15.8 Å². The third-order valence-electron chi connectivity index (χ3n) is 6.54. The van der Waals surface area contributed by atoms with Crippen LogP contribution in [0.25, 0.3) is 11.2 Å². The summed E-state index contributed by atoms with van der Waals surface area (Å²) in [5.41, 5.74) is 7.79. The zero-order chi connectivity index (χ0) is 26.9. The molecule has 0 radical (unpaired) electrons. The number of hydrogen-bond donors (Lipinski definition) is 2. The number of benzene rings is 2. The summed E-state index contributed by atoms with van der Waals surface area (Å²) in [4.78, 5) is 46.6. The van der Waals surface area contributed by atoms with Gasteiger partial charge in [0.15, 0.2) is 0 Å². The van der Waals surface area contributed by atoms with E-state index in [2.05, 4.69) is 9.97 Å². The predicted octanol–water partition coefficient (Wildman–Crippen LogP) is 2.24. The number of aromatic amines is 1. The Morgan fingerprint density at radius 2 is 1.71 bits per heavy atom. The first-order valence-electron chi connectivity index (χ1n) is 13.3. The number of H-pyrrole nitrogens is 1. The Morgan fingerprint density at radius 3 is 2.42 bits per heavy atom. The van der Waals surface area contributed by atoms with Gasteiger partial charge in [-0.2, -0.15) is 0 Å². The van der Waals surface area contributed by atoms with Crippen LogP contribution >= 0.6 is 0 Å². The van der Waals surface area contributed by atoms with Crippen LogP contribution in [-0.4, -0.2) is 46.0 Å². The molecular formula is C29H36AsN5O3. The van der Waals surface area contributed by atoms with Crippen LogP contribution in [0.15, 0.2) is 64.2 Å². The van der Waals surface area contributed by atoms with Crippen molar-refractivity contribution in [1.29, 1.82) is 0 Å². The van der Waals surface area contributed by atoms with E-state index >= 15 is 0 Å². The van der Waals surface area contributed by atoms with E-state index in [1.165, 1.54) is 4.57 Å². The van der Waals surface area contributed by atoms with Crippen LogP contribution in [0.2, 0.25) is 0 Å². The number of aryl methyl sites for hydroxylation is 2. The van der Waals surface area contributed by atoms with Crippen molar-refractivity contribution in [3.8, 4) is 0 Å². The van der Waals surface area contributed by atoms with Gasteiger partial charge in [0, 0.05) is 0 Å². The van der Waals surface area contributed by atoms with Crippen LogP contribution in [0.4, 0.5) is 0 Å². The van der Waals surface area contributed by atoms with Gasteiger partial charge in [0.05, 0.1) is 0 Å². The Balaban J connectivity index is 1.51. The quantitative estimate of drug-likeness (QED) is 0.176. The molecule has 0 aliphatic carbocycles. The molecule has 0 amide bonds. The van der Waals surface area contributed by atoms with Gasteiger partial charge in [0.2, 0.25) is 0 Å². The standard InChI is InChI=1S/C29H36AsN5O3/c1-2-18-35-28(37)26-27(33-25(32-26)20-22-9-5-3-6-10-22)34(29(35)38)19-16-21-12-14-23(15-13-21)30-24(36)11-7-4-8-17-31/h3,5-6,9-10,12-15,30H,2,4,7-8,11,16-20,31H2,1H3,(H,32,33). The van der Waals surface area contributed by atoms with Crippen molar-refractivity contribution >= 4 is 35.8 Å². The van der Waals surface area contributed by atoms with Gasteiger partial charge in [-0.1, -0.05) is 30.3 Å². The van der Waals surface area contributed by atoms with E-state index in [0.717, 1.165) is 34.7 Å². The van der Waals surface area contributed by atoms with Crippen LogP contribution in [0.5, 0.6) is 0 Å². The minimum atomic E-state index is -0.814. The van der Waals surface area contributed by atoms with Gasteiger partial charge >= 0.3 is 199 Å². The molecule has 2 aromatic heterocycles. The third-order valence-corrected chi connectivity index (χ3v) is 8.96. The Morgan fingerprint density at radius 1 is 0.947 bits per heavy atom. The molecule has 0 spiro atoms. The number of unbranched alkanes of at least 4 members (excludes halogenated alkanes) is 2. The fraction of sp³-hybridized carbons (Fsp3) is 0.379. The van der Waals surface area contributed by atoms with Crippen LogP contribution in [0.3, 0.4) is 0 Å². The summed E-state index contributed by atoms with van der Waals surface area (Å²) in [6, 6.07) is 18.1. The van der Waals surface area contributed by atoms with Crippen molar-refractivity contribution in [3.05, 3.63) is 92.4 Å². The Labute approximate surface area is 229 Å². The van der Waals surface area contributed by atoms with Crippen LogP contribution < -0.4 is 21.3 Å². The molecule has 9 heteroatoms. The molecule has 4 aromatic rings. The number of carbonyl (C=O) groups excluding carboxylic acids is 1. The normalized spacial score (nSPS) is 11.6. The summed E-state index contributed by atoms with van der Waals surface area (Å²) in [5.74, 6) is 0.659. The summed E-state index contributed by atoms with van der Waals surface area (Å²) in [6.07, 6.45) is 5.39. The van der Waals surface area contributed by atoms with E-state index in [-0.39, 0.29) is 11.2 Å². The number of carbonyl (C=O) groups is 1. The van der Waals surface area contributed by atoms with Crippen molar-refractivity contribution < 1.29 is 4.79 Å². The molecule has 2 heterocycles. The second kappa shape index (κ2) is 13.5. The molecule has 0 fully saturated rings. The SMILES string of the molecule is CCCn1c(=O)c2[nH]c(Cc3ccccc3)nc2n(CCc2ccc([AsH]C(=O)CCCCCN)cc2)c1=O. The molecule has 2 aromatic carbocycles. The number of hydrogen-bond acceptors (Lipinski definition) is 5.